The molecule has 2 rings (SSSR count). The average Bonchev–Trinajstić information content (AvgIpc) is 2.56. The molecule has 0 atom stereocenters. The third-order valence-electron chi connectivity index (χ3n) is 3.25. The molecule has 24 heavy (non-hydrogen) atoms. The van der Waals surface area contributed by atoms with Gasteiger partial charge in [-0.2, -0.15) is 0 Å². The van der Waals surface area contributed by atoms with Crippen LogP contribution in [0, 0.1) is 0 Å². The summed E-state index contributed by atoms with van der Waals surface area (Å²) < 4.78 is 0. The predicted molar refractivity (Wildman–Crippen MR) is 97.6 cm³/mol. The third-order valence-corrected chi connectivity index (χ3v) is 3.48. The van der Waals surface area contributed by atoms with Gasteiger partial charge in [-0.05, 0) is 25.1 Å². The van der Waals surface area contributed by atoms with Crippen LogP contribution in [-0.4, -0.2) is 24.8 Å². The molecular formula is C19H19ClN2O2. The number of halogens is 1. The molecule has 0 radical (unpaired) electrons. The summed E-state index contributed by atoms with van der Waals surface area (Å²) in [5, 5.41) is 6.16. The Bertz CT molecular complexity index is 757. The Morgan fingerprint density at radius 3 is 2.46 bits per heavy atom. The SMILES string of the molecule is C=C(C)CNCC(=O)Nc1ccc(Cl)cc1C(=O)c1ccccc1. The molecule has 0 aliphatic heterocycles. The van der Waals surface area contributed by atoms with Crippen molar-refractivity contribution in [1.82, 2.24) is 5.32 Å². The van der Waals surface area contributed by atoms with Gasteiger partial charge < -0.3 is 10.6 Å². The molecule has 0 saturated carbocycles. The number of amides is 1. The Kier molecular flexibility index (Phi) is 6.29. The second-order valence-corrected chi connectivity index (χ2v) is 5.93. The van der Waals surface area contributed by atoms with Gasteiger partial charge in [-0.25, -0.2) is 0 Å². The van der Waals surface area contributed by atoms with Crippen molar-refractivity contribution in [3.63, 3.8) is 0 Å². The average molecular weight is 343 g/mol. The molecule has 0 aromatic heterocycles. The summed E-state index contributed by atoms with van der Waals surface area (Å²) in [6.45, 7) is 6.33. The highest BCUT2D eigenvalue weighted by molar-refractivity contribution is 6.31. The highest BCUT2D eigenvalue weighted by Gasteiger charge is 2.15. The second-order valence-electron chi connectivity index (χ2n) is 5.49. The zero-order chi connectivity index (χ0) is 17.5. The van der Waals surface area contributed by atoms with Crippen molar-refractivity contribution < 1.29 is 9.59 Å². The molecule has 5 heteroatoms. The summed E-state index contributed by atoms with van der Waals surface area (Å²) in [6.07, 6.45) is 0. The molecule has 0 aliphatic carbocycles. The van der Waals surface area contributed by atoms with Crippen LogP contribution in [0.2, 0.25) is 5.02 Å². The molecule has 0 unspecified atom stereocenters. The molecule has 2 aromatic rings. The van der Waals surface area contributed by atoms with E-state index in [4.69, 9.17) is 11.6 Å². The minimum atomic E-state index is -0.235. The van der Waals surface area contributed by atoms with Gasteiger partial charge in [0, 0.05) is 22.7 Å². The zero-order valence-corrected chi connectivity index (χ0v) is 14.2. The first-order valence-corrected chi connectivity index (χ1v) is 7.89. The van der Waals surface area contributed by atoms with E-state index >= 15 is 0 Å². The first kappa shape index (κ1) is 17.9. The van der Waals surface area contributed by atoms with Gasteiger partial charge in [-0.3, -0.25) is 9.59 Å². The molecule has 0 fully saturated rings. The maximum atomic E-state index is 12.7. The molecule has 2 N–H and O–H groups in total. The topological polar surface area (TPSA) is 58.2 Å². The van der Waals surface area contributed by atoms with Crippen LogP contribution in [0.1, 0.15) is 22.8 Å². The molecule has 0 aliphatic rings. The first-order chi connectivity index (χ1) is 11.5. The van der Waals surface area contributed by atoms with E-state index in [0.717, 1.165) is 5.57 Å². The summed E-state index contributed by atoms with van der Waals surface area (Å²) in [5.41, 5.74) is 2.28. The standard InChI is InChI=1S/C19H19ClN2O2/c1-13(2)11-21-12-18(23)22-17-9-8-15(20)10-16(17)19(24)14-6-4-3-5-7-14/h3-10,21H,1,11-12H2,2H3,(H,22,23). The molecule has 0 spiro atoms. The zero-order valence-electron chi connectivity index (χ0n) is 13.4. The van der Waals surface area contributed by atoms with E-state index in [9.17, 15) is 9.59 Å². The molecule has 4 nitrogen and oxygen atoms in total. The molecular weight excluding hydrogens is 324 g/mol. The van der Waals surface area contributed by atoms with Gasteiger partial charge in [-0.1, -0.05) is 54.1 Å². The van der Waals surface area contributed by atoms with E-state index in [1.165, 1.54) is 0 Å². The van der Waals surface area contributed by atoms with Crippen molar-refractivity contribution in [2.24, 2.45) is 0 Å². The molecule has 0 saturated heterocycles. The largest absolute Gasteiger partial charge is 0.324 e. The fourth-order valence-corrected chi connectivity index (χ4v) is 2.31. The number of hydrogen-bond acceptors (Lipinski definition) is 3. The van der Waals surface area contributed by atoms with Crippen molar-refractivity contribution >= 4 is 29.0 Å². The Balaban J connectivity index is 2.17. The van der Waals surface area contributed by atoms with Crippen LogP contribution in [0.5, 0.6) is 0 Å². The van der Waals surface area contributed by atoms with E-state index in [-0.39, 0.29) is 18.2 Å². The monoisotopic (exact) mass is 342 g/mol. The van der Waals surface area contributed by atoms with Gasteiger partial charge >= 0.3 is 0 Å². The van der Waals surface area contributed by atoms with E-state index in [1.54, 1.807) is 42.5 Å². The van der Waals surface area contributed by atoms with Crippen LogP contribution in [0.4, 0.5) is 5.69 Å². The quantitative estimate of drug-likeness (QED) is 0.596. The number of anilines is 1. The summed E-state index contributed by atoms with van der Waals surface area (Å²) in [7, 11) is 0. The lowest BCUT2D eigenvalue weighted by molar-refractivity contribution is -0.115. The third kappa shape index (κ3) is 5.05. The normalized spacial score (nSPS) is 10.2. The maximum Gasteiger partial charge on any atom is 0.238 e. The fourth-order valence-electron chi connectivity index (χ4n) is 2.14. The number of hydrogen-bond donors (Lipinski definition) is 2. The van der Waals surface area contributed by atoms with Crippen LogP contribution in [0.25, 0.3) is 0 Å². The van der Waals surface area contributed by atoms with Crippen molar-refractivity contribution in [2.75, 3.05) is 18.4 Å². The minimum absolute atomic E-state index is 0.133. The second kappa shape index (κ2) is 8.43. The van der Waals surface area contributed by atoms with Crippen molar-refractivity contribution in [3.8, 4) is 0 Å². The van der Waals surface area contributed by atoms with Gasteiger partial charge in [0.05, 0.1) is 12.2 Å². The molecule has 0 bridgehead atoms. The Morgan fingerprint density at radius 2 is 1.79 bits per heavy atom. The van der Waals surface area contributed by atoms with Gasteiger partial charge in [-0.15, -0.1) is 0 Å². The molecule has 2 aromatic carbocycles. The van der Waals surface area contributed by atoms with Crippen molar-refractivity contribution in [3.05, 3.63) is 76.8 Å². The number of ketones is 1. The predicted octanol–water partition coefficient (Wildman–Crippen LogP) is 3.68. The number of nitrogens with one attached hydrogen (secondary N) is 2. The summed E-state index contributed by atoms with van der Waals surface area (Å²) in [4.78, 5) is 24.7. The number of carbonyl (C=O) groups is 2. The number of carbonyl (C=O) groups excluding carboxylic acids is 2. The van der Waals surface area contributed by atoms with E-state index < -0.39 is 0 Å². The first-order valence-electron chi connectivity index (χ1n) is 7.51. The van der Waals surface area contributed by atoms with Crippen molar-refractivity contribution in [1.29, 1.82) is 0 Å². The van der Waals surface area contributed by atoms with Crippen LogP contribution in [0.15, 0.2) is 60.7 Å². The Hall–Kier alpha value is -2.43. The van der Waals surface area contributed by atoms with E-state index in [2.05, 4.69) is 17.2 Å². The molecule has 124 valence electrons. The number of rotatable bonds is 7. The van der Waals surface area contributed by atoms with E-state index in [1.807, 2.05) is 13.0 Å². The van der Waals surface area contributed by atoms with E-state index in [0.29, 0.717) is 28.4 Å². The van der Waals surface area contributed by atoms with Gasteiger partial charge in [0.1, 0.15) is 0 Å². The lowest BCUT2D eigenvalue weighted by Gasteiger charge is -2.12. The fraction of sp³-hybridized carbons (Fsp3) is 0.158. The smallest absolute Gasteiger partial charge is 0.238 e. The van der Waals surface area contributed by atoms with Crippen molar-refractivity contribution in [2.45, 2.75) is 6.92 Å². The summed E-state index contributed by atoms with van der Waals surface area (Å²) >= 11 is 6.02. The van der Waals surface area contributed by atoms with Crippen LogP contribution in [0.3, 0.4) is 0 Å². The molecule has 0 heterocycles. The minimum Gasteiger partial charge on any atom is -0.324 e. The Labute approximate surface area is 146 Å². The maximum absolute atomic E-state index is 12.7. The highest BCUT2D eigenvalue weighted by Crippen LogP contribution is 2.23. The van der Waals surface area contributed by atoms with Gasteiger partial charge in [0.25, 0.3) is 0 Å². The summed E-state index contributed by atoms with van der Waals surface area (Å²) in [5.74, 6) is -0.427. The lowest BCUT2D eigenvalue weighted by Crippen LogP contribution is -2.29. The van der Waals surface area contributed by atoms with Gasteiger partial charge in [0.2, 0.25) is 5.91 Å². The van der Waals surface area contributed by atoms with Crippen LogP contribution < -0.4 is 10.6 Å². The van der Waals surface area contributed by atoms with Crippen LogP contribution in [-0.2, 0) is 4.79 Å². The van der Waals surface area contributed by atoms with Gasteiger partial charge in [0.15, 0.2) is 5.78 Å². The highest BCUT2D eigenvalue weighted by atomic mass is 35.5. The Morgan fingerprint density at radius 1 is 1.08 bits per heavy atom. The lowest BCUT2D eigenvalue weighted by atomic mass is 10.0. The number of benzene rings is 2. The van der Waals surface area contributed by atoms with Crippen LogP contribution >= 0.6 is 11.6 Å². The molecule has 1 amide bonds. The summed E-state index contributed by atoms with van der Waals surface area (Å²) in [6, 6.07) is 13.7.